The summed E-state index contributed by atoms with van der Waals surface area (Å²) in [5.41, 5.74) is 2.62. The zero-order valence-electron chi connectivity index (χ0n) is 13.8. The van der Waals surface area contributed by atoms with E-state index in [4.69, 9.17) is 0 Å². The highest BCUT2D eigenvalue weighted by Crippen LogP contribution is 2.15. The molecular formula is C20H16BrN3O2. The minimum absolute atomic E-state index is 0.140. The van der Waals surface area contributed by atoms with Crippen molar-refractivity contribution >= 4 is 39.1 Å². The predicted molar refractivity (Wildman–Crippen MR) is 105 cm³/mol. The SMILES string of the molecule is O=C(Cc1ccc(Br)cc1)Nc1cccc(C(=O)Nc2ccncc2)c1. The van der Waals surface area contributed by atoms with Crippen LogP contribution < -0.4 is 10.6 Å². The van der Waals surface area contributed by atoms with Gasteiger partial charge in [-0.2, -0.15) is 0 Å². The van der Waals surface area contributed by atoms with Crippen molar-refractivity contribution in [1.82, 2.24) is 4.98 Å². The van der Waals surface area contributed by atoms with Crippen LogP contribution in [-0.2, 0) is 11.2 Å². The summed E-state index contributed by atoms with van der Waals surface area (Å²) in [5, 5.41) is 5.61. The van der Waals surface area contributed by atoms with E-state index >= 15 is 0 Å². The first-order valence-corrected chi connectivity index (χ1v) is 8.75. The van der Waals surface area contributed by atoms with Gasteiger partial charge < -0.3 is 10.6 Å². The van der Waals surface area contributed by atoms with E-state index in [-0.39, 0.29) is 18.2 Å². The standard InChI is InChI=1S/C20H16BrN3O2/c21-16-6-4-14(5-7-16)12-19(25)23-18-3-1-2-15(13-18)20(26)24-17-8-10-22-11-9-17/h1-11,13H,12H2,(H,23,25)(H,22,24,26). The van der Waals surface area contributed by atoms with Gasteiger partial charge in [-0.05, 0) is 48.0 Å². The van der Waals surface area contributed by atoms with Crippen LogP contribution in [0.3, 0.4) is 0 Å². The summed E-state index contributed by atoms with van der Waals surface area (Å²) < 4.78 is 0.967. The van der Waals surface area contributed by atoms with Gasteiger partial charge in [-0.25, -0.2) is 0 Å². The Labute approximate surface area is 159 Å². The van der Waals surface area contributed by atoms with Gasteiger partial charge in [0.05, 0.1) is 6.42 Å². The molecule has 1 heterocycles. The van der Waals surface area contributed by atoms with Crippen molar-refractivity contribution in [2.75, 3.05) is 10.6 Å². The fourth-order valence-electron chi connectivity index (χ4n) is 2.37. The average molecular weight is 410 g/mol. The number of nitrogens with one attached hydrogen (secondary N) is 2. The van der Waals surface area contributed by atoms with E-state index in [1.165, 1.54) is 0 Å². The molecule has 0 spiro atoms. The molecule has 0 atom stereocenters. The van der Waals surface area contributed by atoms with Crippen molar-refractivity contribution in [1.29, 1.82) is 0 Å². The number of carbonyl (C=O) groups excluding carboxylic acids is 2. The Morgan fingerprint density at radius 1 is 0.885 bits per heavy atom. The molecule has 0 fully saturated rings. The van der Waals surface area contributed by atoms with Crippen LogP contribution in [0.5, 0.6) is 0 Å². The monoisotopic (exact) mass is 409 g/mol. The molecule has 0 saturated carbocycles. The Morgan fingerprint density at radius 2 is 1.62 bits per heavy atom. The molecule has 130 valence electrons. The quantitative estimate of drug-likeness (QED) is 0.660. The summed E-state index contributed by atoms with van der Waals surface area (Å²) in [6.07, 6.45) is 3.48. The maximum atomic E-state index is 12.3. The Bertz CT molecular complexity index is 912. The minimum atomic E-state index is -0.250. The molecule has 2 aromatic carbocycles. The molecule has 1 aromatic heterocycles. The van der Waals surface area contributed by atoms with E-state index < -0.39 is 0 Å². The van der Waals surface area contributed by atoms with Gasteiger partial charge in [0, 0.05) is 33.8 Å². The van der Waals surface area contributed by atoms with Gasteiger partial charge in [-0.15, -0.1) is 0 Å². The van der Waals surface area contributed by atoms with Crippen LogP contribution in [0.15, 0.2) is 77.5 Å². The van der Waals surface area contributed by atoms with Gasteiger partial charge in [-0.1, -0.05) is 34.1 Å². The number of halogens is 1. The van der Waals surface area contributed by atoms with Gasteiger partial charge >= 0.3 is 0 Å². The molecular weight excluding hydrogens is 394 g/mol. The number of benzene rings is 2. The van der Waals surface area contributed by atoms with Gasteiger partial charge in [0.25, 0.3) is 5.91 Å². The fraction of sp³-hybridized carbons (Fsp3) is 0.0500. The van der Waals surface area contributed by atoms with Crippen molar-refractivity contribution in [3.63, 3.8) is 0 Å². The summed E-state index contributed by atoms with van der Waals surface area (Å²) in [6.45, 7) is 0. The third kappa shape index (κ3) is 5.00. The summed E-state index contributed by atoms with van der Waals surface area (Å²) in [6, 6.07) is 17.8. The zero-order chi connectivity index (χ0) is 18.4. The van der Waals surface area contributed by atoms with Crippen LogP contribution in [0.2, 0.25) is 0 Å². The van der Waals surface area contributed by atoms with Crippen LogP contribution in [0.1, 0.15) is 15.9 Å². The summed E-state index contributed by atoms with van der Waals surface area (Å²) >= 11 is 3.37. The van der Waals surface area contributed by atoms with Gasteiger partial charge in [-0.3, -0.25) is 14.6 Å². The molecule has 0 aliphatic rings. The third-order valence-electron chi connectivity index (χ3n) is 3.62. The molecule has 3 rings (SSSR count). The van der Waals surface area contributed by atoms with E-state index in [1.807, 2.05) is 24.3 Å². The van der Waals surface area contributed by atoms with Gasteiger partial charge in [0.15, 0.2) is 0 Å². The maximum Gasteiger partial charge on any atom is 0.255 e. The van der Waals surface area contributed by atoms with Crippen LogP contribution in [0.4, 0.5) is 11.4 Å². The second-order valence-corrected chi connectivity index (χ2v) is 6.54. The number of rotatable bonds is 5. The van der Waals surface area contributed by atoms with Crippen LogP contribution >= 0.6 is 15.9 Å². The summed E-state index contributed by atoms with van der Waals surface area (Å²) in [4.78, 5) is 28.4. The number of carbonyl (C=O) groups is 2. The number of pyridine rings is 1. The molecule has 0 saturated heterocycles. The Balaban J connectivity index is 1.64. The molecule has 0 radical (unpaired) electrons. The van der Waals surface area contributed by atoms with E-state index in [0.29, 0.717) is 16.9 Å². The lowest BCUT2D eigenvalue weighted by Crippen LogP contribution is -2.16. The van der Waals surface area contributed by atoms with E-state index in [0.717, 1.165) is 10.0 Å². The smallest absolute Gasteiger partial charge is 0.255 e. The molecule has 3 aromatic rings. The van der Waals surface area contributed by atoms with Crippen molar-refractivity contribution in [3.8, 4) is 0 Å². The first kappa shape index (κ1) is 17.8. The zero-order valence-corrected chi connectivity index (χ0v) is 15.4. The predicted octanol–water partition coefficient (Wildman–Crippen LogP) is 4.28. The summed E-state index contributed by atoms with van der Waals surface area (Å²) in [7, 11) is 0. The van der Waals surface area contributed by atoms with Crippen molar-refractivity contribution in [2.24, 2.45) is 0 Å². The lowest BCUT2D eigenvalue weighted by atomic mass is 10.1. The van der Waals surface area contributed by atoms with Crippen LogP contribution in [0, 0.1) is 0 Å². The lowest BCUT2D eigenvalue weighted by molar-refractivity contribution is -0.115. The highest BCUT2D eigenvalue weighted by Gasteiger charge is 2.09. The molecule has 26 heavy (non-hydrogen) atoms. The van der Waals surface area contributed by atoms with Crippen molar-refractivity contribution in [2.45, 2.75) is 6.42 Å². The molecule has 0 aliphatic carbocycles. The van der Waals surface area contributed by atoms with E-state index in [2.05, 4.69) is 31.5 Å². The molecule has 0 bridgehead atoms. The normalized spacial score (nSPS) is 10.2. The second kappa shape index (κ2) is 8.40. The topological polar surface area (TPSA) is 71.1 Å². The number of anilines is 2. The van der Waals surface area contributed by atoms with Crippen LogP contribution in [-0.4, -0.2) is 16.8 Å². The van der Waals surface area contributed by atoms with Crippen molar-refractivity contribution < 1.29 is 9.59 Å². The number of hydrogen-bond acceptors (Lipinski definition) is 3. The first-order valence-electron chi connectivity index (χ1n) is 7.96. The lowest BCUT2D eigenvalue weighted by Gasteiger charge is -2.08. The Kier molecular flexibility index (Phi) is 5.76. The van der Waals surface area contributed by atoms with Crippen LogP contribution in [0.25, 0.3) is 0 Å². The summed E-state index contributed by atoms with van der Waals surface area (Å²) in [5.74, 6) is -0.390. The van der Waals surface area contributed by atoms with E-state index in [9.17, 15) is 9.59 Å². The largest absolute Gasteiger partial charge is 0.326 e. The third-order valence-corrected chi connectivity index (χ3v) is 4.15. The molecule has 0 aliphatic heterocycles. The molecule has 2 amide bonds. The molecule has 0 unspecified atom stereocenters. The molecule has 5 nitrogen and oxygen atoms in total. The second-order valence-electron chi connectivity index (χ2n) is 5.62. The minimum Gasteiger partial charge on any atom is -0.326 e. The van der Waals surface area contributed by atoms with Crippen molar-refractivity contribution in [3.05, 3.63) is 88.7 Å². The highest BCUT2D eigenvalue weighted by atomic mass is 79.9. The van der Waals surface area contributed by atoms with Gasteiger partial charge in [0.2, 0.25) is 5.91 Å². The average Bonchev–Trinajstić information content (AvgIpc) is 2.64. The van der Waals surface area contributed by atoms with E-state index in [1.54, 1.807) is 48.8 Å². The molecule has 2 N–H and O–H groups in total. The molecule has 6 heteroatoms. The first-order chi connectivity index (χ1) is 12.6. The number of amides is 2. The Morgan fingerprint density at radius 3 is 2.35 bits per heavy atom. The number of aromatic nitrogens is 1. The Hall–Kier alpha value is -2.99. The number of nitrogens with zero attached hydrogens (tertiary/aromatic N) is 1. The highest BCUT2D eigenvalue weighted by molar-refractivity contribution is 9.10. The maximum absolute atomic E-state index is 12.3. The fourth-order valence-corrected chi connectivity index (χ4v) is 2.63. The van der Waals surface area contributed by atoms with Gasteiger partial charge in [0.1, 0.15) is 0 Å². The number of hydrogen-bond donors (Lipinski definition) is 2.